The van der Waals surface area contributed by atoms with Crippen LogP contribution >= 0.6 is 11.6 Å². The lowest BCUT2D eigenvalue weighted by molar-refractivity contribution is -0.134. The van der Waals surface area contributed by atoms with Gasteiger partial charge in [-0.2, -0.15) is 0 Å². The molecule has 2 aliphatic heterocycles. The van der Waals surface area contributed by atoms with Crippen molar-refractivity contribution in [2.75, 3.05) is 25.0 Å². The molecule has 2 aliphatic rings. The number of fused-ring (bicyclic) bond motifs is 4. The molecule has 1 amide bonds. The number of anilines is 1. The van der Waals surface area contributed by atoms with Gasteiger partial charge in [-0.1, -0.05) is 29.8 Å². The van der Waals surface area contributed by atoms with Crippen molar-refractivity contribution < 1.29 is 9.53 Å². The van der Waals surface area contributed by atoms with Crippen molar-refractivity contribution in [1.82, 2.24) is 9.47 Å². The van der Waals surface area contributed by atoms with E-state index in [1.54, 1.807) is 0 Å². The number of para-hydroxylation sites is 1. The highest BCUT2D eigenvalue weighted by atomic mass is 35.5. The summed E-state index contributed by atoms with van der Waals surface area (Å²) >= 11 is 6.22. The fraction of sp³-hybridized carbons (Fsp3) is 0.261. The minimum absolute atomic E-state index is 0.0297. The van der Waals surface area contributed by atoms with Crippen LogP contribution in [0.4, 0.5) is 5.69 Å². The number of benzene rings is 2. The monoisotopic (exact) mass is 407 g/mol. The summed E-state index contributed by atoms with van der Waals surface area (Å²) in [4.78, 5) is 14.5. The van der Waals surface area contributed by atoms with Crippen molar-refractivity contribution in [2.24, 2.45) is 0 Å². The van der Waals surface area contributed by atoms with Gasteiger partial charge in [-0.15, -0.1) is 0 Å². The number of amides is 1. The van der Waals surface area contributed by atoms with Crippen LogP contribution < -0.4 is 10.1 Å². The van der Waals surface area contributed by atoms with Crippen molar-refractivity contribution in [3.63, 3.8) is 0 Å². The number of aromatic nitrogens is 1. The Bertz CT molecular complexity index is 1040. The molecule has 148 valence electrons. The van der Waals surface area contributed by atoms with E-state index < -0.39 is 0 Å². The van der Waals surface area contributed by atoms with Gasteiger partial charge in [-0.25, -0.2) is 0 Å². The maximum absolute atomic E-state index is 12.6. The van der Waals surface area contributed by atoms with E-state index in [9.17, 15) is 4.79 Å². The number of nitrogens with one attached hydrogen (secondary N) is 1. The Kier molecular flexibility index (Phi) is 4.47. The number of hydrogen-bond donors (Lipinski definition) is 1. The fourth-order valence-corrected chi connectivity index (χ4v) is 4.55. The van der Waals surface area contributed by atoms with Crippen molar-refractivity contribution in [1.29, 1.82) is 0 Å². The van der Waals surface area contributed by atoms with Gasteiger partial charge in [0.15, 0.2) is 6.61 Å². The molecule has 3 aromatic rings. The van der Waals surface area contributed by atoms with Crippen LogP contribution in [0.5, 0.6) is 5.75 Å². The summed E-state index contributed by atoms with van der Waals surface area (Å²) in [7, 11) is 0. The minimum atomic E-state index is -0.179. The number of rotatable bonds is 3. The molecule has 2 aromatic carbocycles. The molecule has 0 radical (unpaired) electrons. The first kappa shape index (κ1) is 18.1. The number of carbonyl (C=O) groups is 1. The lowest BCUT2D eigenvalue weighted by atomic mass is 9.82. The summed E-state index contributed by atoms with van der Waals surface area (Å²) in [5, 5.41) is 4.47. The Morgan fingerprint density at radius 1 is 1.07 bits per heavy atom. The van der Waals surface area contributed by atoms with Crippen LogP contribution in [-0.4, -0.2) is 35.1 Å². The Morgan fingerprint density at radius 2 is 1.86 bits per heavy atom. The quantitative estimate of drug-likeness (QED) is 0.697. The van der Waals surface area contributed by atoms with E-state index in [1.165, 1.54) is 5.69 Å². The van der Waals surface area contributed by atoms with Crippen molar-refractivity contribution >= 4 is 23.2 Å². The van der Waals surface area contributed by atoms with E-state index in [2.05, 4.69) is 28.2 Å². The number of hydrogen-bond acceptors (Lipinski definition) is 3. The van der Waals surface area contributed by atoms with Crippen LogP contribution in [0, 0.1) is 0 Å². The predicted octanol–water partition coefficient (Wildman–Crippen LogP) is 4.45. The average molecular weight is 408 g/mol. The highest BCUT2D eigenvalue weighted by Crippen LogP contribution is 2.44. The van der Waals surface area contributed by atoms with Crippen molar-refractivity contribution in [2.45, 2.75) is 18.4 Å². The molecule has 1 spiro atoms. The Balaban J connectivity index is 1.30. The Morgan fingerprint density at radius 3 is 2.66 bits per heavy atom. The third-order valence-corrected chi connectivity index (χ3v) is 6.14. The lowest BCUT2D eigenvalue weighted by Gasteiger charge is -2.46. The second kappa shape index (κ2) is 7.16. The largest absolute Gasteiger partial charge is 0.484 e. The molecule has 1 N–H and O–H groups in total. The third-order valence-electron chi connectivity index (χ3n) is 5.91. The van der Waals surface area contributed by atoms with Gasteiger partial charge in [-0.3, -0.25) is 4.79 Å². The molecule has 1 aromatic heterocycles. The topological polar surface area (TPSA) is 46.5 Å². The summed E-state index contributed by atoms with van der Waals surface area (Å²) in [6, 6.07) is 19.6. The van der Waals surface area contributed by atoms with E-state index >= 15 is 0 Å². The molecule has 0 bridgehead atoms. The van der Waals surface area contributed by atoms with Gasteiger partial charge in [0.2, 0.25) is 0 Å². The van der Waals surface area contributed by atoms with Crippen LogP contribution in [0.2, 0.25) is 5.02 Å². The smallest absolute Gasteiger partial charge is 0.260 e. The van der Waals surface area contributed by atoms with E-state index in [-0.39, 0.29) is 18.1 Å². The first-order valence-corrected chi connectivity index (χ1v) is 10.2. The number of piperidine rings is 1. The average Bonchev–Trinajstić information content (AvgIpc) is 3.26. The van der Waals surface area contributed by atoms with Crippen molar-refractivity contribution in [3.8, 4) is 11.4 Å². The molecule has 1 fully saturated rings. The molecule has 0 saturated carbocycles. The Labute approximate surface area is 174 Å². The molecule has 1 saturated heterocycles. The van der Waals surface area contributed by atoms with Gasteiger partial charge in [0.05, 0.1) is 16.9 Å². The van der Waals surface area contributed by atoms with Crippen LogP contribution in [0.3, 0.4) is 0 Å². The zero-order valence-electron chi connectivity index (χ0n) is 16.0. The van der Waals surface area contributed by atoms with Gasteiger partial charge < -0.3 is 19.5 Å². The van der Waals surface area contributed by atoms with E-state index in [0.717, 1.165) is 35.0 Å². The lowest BCUT2D eigenvalue weighted by Crippen LogP contribution is -2.51. The molecule has 6 heteroatoms. The van der Waals surface area contributed by atoms with Gasteiger partial charge in [-0.05, 0) is 55.3 Å². The second-order valence-electron chi connectivity index (χ2n) is 7.61. The highest BCUT2D eigenvalue weighted by molar-refractivity contribution is 6.30. The van der Waals surface area contributed by atoms with Crippen molar-refractivity contribution in [3.05, 3.63) is 77.6 Å². The van der Waals surface area contributed by atoms with Gasteiger partial charge >= 0.3 is 0 Å². The number of halogens is 1. The minimum Gasteiger partial charge on any atom is -0.484 e. The van der Waals surface area contributed by atoms with Crippen LogP contribution in [0.1, 0.15) is 18.5 Å². The number of likely N-dealkylation sites (tertiary alicyclic amines) is 1. The van der Waals surface area contributed by atoms with Crippen LogP contribution in [0.25, 0.3) is 5.69 Å². The highest BCUT2D eigenvalue weighted by Gasteiger charge is 2.42. The second-order valence-corrected chi connectivity index (χ2v) is 8.05. The first-order chi connectivity index (χ1) is 14.1. The van der Waals surface area contributed by atoms with Gasteiger partial charge in [0.25, 0.3) is 5.91 Å². The molecule has 5 rings (SSSR count). The Hall–Kier alpha value is -2.92. The van der Waals surface area contributed by atoms with Crippen LogP contribution in [-0.2, 0) is 10.3 Å². The van der Waals surface area contributed by atoms with E-state index in [4.69, 9.17) is 16.3 Å². The third kappa shape index (κ3) is 3.25. The number of carbonyl (C=O) groups excluding carboxylic acids is 1. The molecule has 0 aliphatic carbocycles. The standard InChI is InChI=1S/C23H22ClN3O2/c24-17-8-9-19-20(15-17)27-12-4-7-21(27)23(25-19)10-13-26(14-11-23)22(28)16-29-18-5-2-1-3-6-18/h1-9,12,15,25H,10-11,13-14,16H2. The zero-order chi connectivity index (χ0) is 19.8. The molecular weight excluding hydrogens is 386 g/mol. The maximum atomic E-state index is 12.6. The number of ether oxygens (including phenoxy) is 1. The first-order valence-electron chi connectivity index (χ1n) is 9.86. The summed E-state index contributed by atoms with van der Waals surface area (Å²) in [6.07, 6.45) is 3.77. The zero-order valence-corrected chi connectivity index (χ0v) is 16.7. The molecule has 29 heavy (non-hydrogen) atoms. The molecule has 0 unspecified atom stereocenters. The molecule has 0 atom stereocenters. The molecular formula is C23H22ClN3O2. The summed E-state index contributed by atoms with van der Waals surface area (Å²) in [5.41, 5.74) is 3.18. The van der Waals surface area contributed by atoms with Gasteiger partial charge in [0, 0.05) is 30.0 Å². The summed E-state index contributed by atoms with van der Waals surface area (Å²) in [6.45, 7) is 1.46. The van der Waals surface area contributed by atoms with E-state index in [1.807, 2.05) is 53.4 Å². The fourth-order valence-electron chi connectivity index (χ4n) is 4.38. The SMILES string of the molecule is O=C(COc1ccccc1)N1CCC2(CC1)Nc1ccc(Cl)cc1-n1cccc12. The molecule has 3 heterocycles. The van der Waals surface area contributed by atoms with Gasteiger partial charge in [0.1, 0.15) is 5.75 Å². The summed E-state index contributed by atoms with van der Waals surface area (Å²) in [5.74, 6) is 0.749. The maximum Gasteiger partial charge on any atom is 0.260 e. The molecule has 5 nitrogen and oxygen atoms in total. The summed E-state index contributed by atoms with van der Waals surface area (Å²) < 4.78 is 7.85. The number of nitrogens with zero attached hydrogens (tertiary/aromatic N) is 2. The normalized spacial score (nSPS) is 16.7. The van der Waals surface area contributed by atoms with Crippen LogP contribution in [0.15, 0.2) is 66.9 Å². The van der Waals surface area contributed by atoms with E-state index in [0.29, 0.717) is 13.1 Å². The predicted molar refractivity (Wildman–Crippen MR) is 114 cm³/mol.